The van der Waals surface area contributed by atoms with Crippen LogP contribution in [0.5, 0.6) is 0 Å². The SMILES string of the molecule is CC1(C)O[C@H]2O[C@H]([C@H]3COC(C)(C)O3)[C@H](C3=CC([C@@H]4[C@H]5OC(C)(C)O[C@H]5O[C@@H]4[C@H]4COC(C)(C)O4)=C4C=CC=CC34)[C@H]2O1. The first-order valence-corrected chi connectivity index (χ1v) is 15.7. The molecule has 11 atom stereocenters. The van der Waals surface area contributed by atoms with Crippen LogP contribution in [-0.2, 0) is 47.4 Å². The Bertz CT molecular complexity index is 1290. The molecule has 43 heavy (non-hydrogen) atoms. The second kappa shape index (κ2) is 9.54. The number of hydrogen-bond acceptors (Lipinski definition) is 10. The van der Waals surface area contributed by atoms with Crippen LogP contribution >= 0.6 is 0 Å². The Balaban J connectivity index is 1.19. The van der Waals surface area contributed by atoms with E-state index in [1.165, 1.54) is 11.1 Å². The smallest absolute Gasteiger partial charge is 0.188 e. The molecular weight excluding hydrogens is 556 g/mol. The normalized spacial score (nSPS) is 48.2. The molecule has 6 fully saturated rings. The summed E-state index contributed by atoms with van der Waals surface area (Å²) in [5.41, 5.74) is 3.59. The van der Waals surface area contributed by atoms with Gasteiger partial charge in [-0.1, -0.05) is 30.4 Å². The van der Waals surface area contributed by atoms with Gasteiger partial charge in [0.05, 0.1) is 25.4 Å². The molecule has 0 radical (unpaired) electrons. The van der Waals surface area contributed by atoms with Crippen molar-refractivity contribution in [3.8, 4) is 0 Å². The molecule has 6 aliphatic heterocycles. The highest BCUT2D eigenvalue weighted by molar-refractivity contribution is 5.56. The van der Waals surface area contributed by atoms with Gasteiger partial charge in [0.25, 0.3) is 0 Å². The maximum Gasteiger partial charge on any atom is 0.188 e. The third-order valence-electron chi connectivity index (χ3n) is 9.75. The molecule has 0 bridgehead atoms. The van der Waals surface area contributed by atoms with Crippen LogP contribution in [0.3, 0.4) is 0 Å². The first-order valence-electron chi connectivity index (χ1n) is 15.7. The fourth-order valence-corrected chi connectivity index (χ4v) is 8.24. The third-order valence-corrected chi connectivity index (χ3v) is 9.75. The maximum absolute atomic E-state index is 6.63. The molecule has 10 nitrogen and oxygen atoms in total. The van der Waals surface area contributed by atoms with Crippen LogP contribution in [0.2, 0.25) is 0 Å². The first-order chi connectivity index (χ1) is 20.2. The molecule has 2 aliphatic carbocycles. The van der Waals surface area contributed by atoms with E-state index in [4.69, 9.17) is 47.4 Å². The van der Waals surface area contributed by atoms with E-state index in [1.807, 2.05) is 55.4 Å². The van der Waals surface area contributed by atoms with Crippen LogP contribution in [0.25, 0.3) is 0 Å². The van der Waals surface area contributed by atoms with E-state index >= 15 is 0 Å². The first kappa shape index (κ1) is 29.0. The molecule has 0 spiro atoms. The zero-order valence-corrected chi connectivity index (χ0v) is 26.2. The molecule has 8 rings (SSSR count). The molecule has 10 heteroatoms. The lowest BCUT2D eigenvalue weighted by molar-refractivity contribution is -0.225. The van der Waals surface area contributed by atoms with Gasteiger partial charge in [-0.2, -0.15) is 0 Å². The Morgan fingerprint density at radius 2 is 1.09 bits per heavy atom. The fraction of sp³-hybridized carbons (Fsp3) is 0.758. The van der Waals surface area contributed by atoms with Gasteiger partial charge in [-0.3, -0.25) is 0 Å². The number of fused-ring (bicyclic) bond motifs is 3. The predicted octanol–water partition coefficient (Wildman–Crippen LogP) is 4.25. The average Bonchev–Trinajstić information content (AvgIpc) is 3.74. The minimum Gasteiger partial charge on any atom is -0.348 e. The number of ether oxygens (including phenoxy) is 10. The summed E-state index contributed by atoms with van der Waals surface area (Å²) in [7, 11) is 0. The van der Waals surface area contributed by atoms with Crippen LogP contribution in [0.15, 0.2) is 47.1 Å². The summed E-state index contributed by atoms with van der Waals surface area (Å²) >= 11 is 0. The van der Waals surface area contributed by atoms with Gasteiger partial charge >= 0.3 is 0 Å². The minimum atomic E-state index is -0.756. The van der Waals surface area contributed by atoms with Crippen LogP contribution in [-0.4, -0.2) is 85.6 Å². The third kappa shape index (κ3) is 4.85. The van der Waals surface area contributed by atoms with Gasteiger partial charge in [0.15, 0.2) is 35.7 Å². The highest BCUT2D eigenvalue weighted by atomic mass is 16.8. The largest absolute Gasteiger partial charge is 0.348 e. The van der Waals surface area contributed by atoms with Crippen LogP contribution < -0.4 is 0 Å². The lowest BCUT2D eigenvalue weighted by atomic mass is 9.79. The molecule has 8 aliphatic rings. The van der Waals surface area contributed by atoms with E-state index in [9.17, 15) is 0 Å². The van der Waals surface area contributed by atoms with E-state index < -0.39 is 35.7 Å². The van der Waals surface area contributed by atoms with Crippen molar-refractivity contribution in [3.63, 3.8) is 0 Å². The van der Waals surface area contributed by atoms with Crippen molar-refractivity contribution in [2.45, 2.75) is 128 Å². The molecule has 0 N–H and O–H groups in total. The number of allylic oxidation sites excluding steroid dienone is 6. The second-order valence-corrected chi connectivity index (χ2v) is 14.7. The molecule has 236 valence electrons. The van der Waals surface area contributed by atoms with Crippen molar-refractivity contribution in [3.05, 3.63) is 47.1 Å². The van der Waals surface area contributed by atoms with Gasteiger partial charge in [-0.25, -0.2) is 0 Å². The topological polar surface area (TPSA) is 92.3 Å². The predicted molar refractivity (Wildman–Crippen MR) is 151 cm³/mol. The summed E-state index contributed by atoms with van der Waals surface area (Å²) < 4.78 is 63.6. The maximum atomic E-state index is 6.63. The Hall–Kier alpha value is -1.44. The molecule has 6 heterocycles. The summed E-state index contributed by atoms with van der Waals surface area (Å²) in [6.45, 7) is 16.4. The van der Waals surface area contributed by atoms with Crippen molar-refractivity contribution in [2.75, 3.05) is 13.2 Å². The van der Waals surface area contributed by atoms with E-state index in [-0.39, 0.29) is 54.4 Å². The highest BCUT2D eigenvalue weighted by Crippen LogP contribution is 2.55. The van der Waals surface area contributed by atoms with E-state index in [0.29, 0.717) is 13.2 Å². The zero-order chi connectivity index (χ0) is 30.1. The van der Waals surface area contributed by atoms with Crippen molar-refractivity contribution < 1.29 is 47.4 Å². The van der Waals surface area contributed by atoms with E-state index in [0.717, 1.165) is 5.57 Å². The average molecular weight is 601 g/mol. The Labute approximate surface area is 253 Å². The zero-order valence-electron chi connectivity index (χ0n) is 26.2. The van der Waals surface area contributed by atoms with Crippen molar-refractivity contribution in [1.82, 2.24) is 0 Å². The van der Waals surface area contributed by atoms with Crippen LogP contribution in [0.1, 0.15) is 55.4 Å². The monoisotopic (exact) mass is 600 g/mol. The fourth-order valence-electron chi connectivity index (χ4n) is 8.24. The Kier molecular flexibility index (Phi) is 6.43. The van der Waals surface area contributed by atoms with Crippen molar-refractivity contribution in [2.24, 2.45) is 17.8 Å². The molecule has 1 unspecified atom stereocenters. The van der Waals surface area contributed by atoms with E-state index in [2.05, 4.69) is 30.4 Å². The van der Waals surface area contributed by atoms with Gasteiger partial charge in [0.2, 0.25) is 0 Å². The molecule has 0 amide bonds. The minimum absolute atomic E-state index is 0.0321. The second-order valence-electron chi connectivity index (χ2n) is 14.7. The molecule has 0 aromatic rings. The molecule has 0 aromatic carbocycles. The Morgan fingerprint density at radius 1 is 0.558 bits per heavy atom. The molecular formula is C33H44O10. The van der Waals surface area contributed by atoms with Gasteiger partial charge in [-0.05, 0) is 72.1 Å². The van der Waals surface area contributed by atoms with Gasteiger partial charge in [-0.15, -0.1) is 0 Å². The van der Waals surface area contributed by atoms with Gasteiger partial charge in [0.1, 0.15) is 24.4 Å². The molecule has 0 aromatic heterocycles. The summed E-state index contributed by atoms with van der Waals surface area (Å²) in [6, 6.07) is 0. The lowest BCUT2D eigenvalue weighted by Crippen LogP contribution is -2.41. The van der Waals surface area contributed by atoms with Crippen LogP contribution in [0.4, 0.5) is 0 Å². The van der Waals surface area contributed by atoms with Gasteiger partial charge < -0.3 is 47.4 Å². The van der Waals surface area contributed by atoms with E-state index in [1.54, 1.807) is 0 Å². The number of rotatable bonds is 4. The van der Waals surface area contributed by atoms with Gasteiger partial charge in [0, 0.05) is 17.8 Å². The summed E-state index contributed by atoms with van der Waals surface area (Å²) in [5.74, 6) is -3.11. The number of hydrogen-bond donors (Lipinski definition) is 0. The summed E-state index contributed by atoms with van der Waals surface area (Å²) in [4.78, 5) is 0. The molecule has 6 saturated heterocycles. The van der Waals surface area contributed by atoms with Crippen molar-refractivity contribution in [1.29, 1.82) is 0 Å². The lowest BCUT2D eigenvalue weighted by Gasteiger charge is -2.32. The standard InChI is InChI=1S/C33H44O10/c1-30(2)34-14-20(38-30)24-22(26-28(36-24)42-32(5,6)40-26)18-13-19(17-12-10-9-11-16(17)18)23-25(21-15-35-31(3,4)39-21)37-29-27(23)41-33(7,8)43-29/h9-13,16,20-29H,14-15H2,1-8H3/t16?,20-,21-,22+,23+,24-,25-,26-,27-,28-,29-/m1/s1. The highest BCUT2D eigenvalue weighted by Gasteiger charge is 2.63. The summed E-state index contributed by atoms with van der Waals surface area (Å²) in [5, 5.41) is 0. The summed E-state index contributed by atoms with van der Waals surface area (Å²) in [6.07, 6.45) is 8.26. The van der Waals surface area contributed by atoms with Crippen LogP contribution in [0, 0.1) is 17.8 Å². The van der Waals surface area contributed by atoms with Crippen molar-refractivity contribution >= 4 is 0 Å². The quantitative estimate of drug-likeness (QED) is 0.466. The Morgan fingerprint density at radius 3 is 1.63 bits per heavy atom. The molecule has 0 saturated carbocycles.